The van der Waals surface area contributed by atoms with Gasteiger partial charge in [-0.15, -0.1) is 0 Å². The molecular weight excluding hydrogens is 616 g/mol. The van der Waals surface area contributed by atoms with E-state index in [9.17, 15) is 4.79 Å². The van der Waals surface area contributed by atoms with E-state index in [2.05, 4.69) is 30.3 Å². The van der Waals surface area contributed by atoms with Gasteiger partial charge in [-0.05, 0) is 71.4 Å². The number of esters is 1. The number of fused-ring (bicyclic) bond motifs is 2. The van der Waals surface area contributed by atoms with Crippen LogP contribution in [0.2, 0.25) is 0 Å². The maximum atomic E-state index is 12.5. The van der Waals surface area contributed by atoms with Crippen LogP contribution in [0, 0.1) is 11.8 Å². The van der Waals surface area contributed by atoms with Crippen molar-refractivity contribution in [3.63, 3.8) is 0 Å². The minimum Gasteiger partial charge on any atom is -0.482 e. The molecule has 0 spiro atoms. The van der Waals surface area contributed by atoms with Gasteiger partial charge in [0.1, 0.15) is 12.4 Å². The zero-order chi connectivity index (χ0) is 33.3. The van der Waals surface area contributed by atoms with E-state index < -0.39 is 0 Å². The standard InChI is InChI=1S/C42H46O7/c43-41(47-27-32-15-8-3-9-16-32)29-46-40-18-10-17-33-19-34-20-37(21-35(34)22-39(33)40)48-42-24-36(45-26-31-13-6-2-7-14-31)23-38(49-42)28-44-25-30-11-4-1-5-12-30/h1-18,34-38,42H,19-29H2/t34?,35?,36-,37+,38-,42?/m0/s1. The summed E-state index contributed by atoms with van der Waals surface area (Å²) in [5.41, 5.74) is 5.78. The molecule has 0 aromatic heterocycles. The van der Waals surface area contributed by atoms with E-state index in [1.807, 2.05) is 78.9 Å². The zero-order valence-corrected chi connectivity index (χ0v) is 28.0. The lowest BCUT2D eigenvalue weighted by Crippen LogP contribution is -2.41. The molecule has 49 heavy (non-hydrogen) atoms. The van der Waals surface area contributed by atoms with Gasteiger partial charge in [0.15, 0.2) is 12.9 Å². The average Bonchev–Trinajstić information content (AvgIpc) is 3.53. The Morgan fingerprint density at radius 2 is 1.31 bits per heavy atom. The highest BCUT2D eigenvalue weighted by Gasteiger charge is 2.41. The van der Waals surface area contributed by atoms with E-state index in [1.165, 1.54) is 11.1 Å². The number of ether oxygens (including phenoxy) is 6. The average molecular weight is 663 g/mol. The van der Waals surface area contributed by atoms with Crippen LogP contribution in [-0.2, 0) is 61.1 Å². The molecule has 1 saturated carbocycles. The summed E-state index contributed by atoms with van der Waals surface area (Å²) < 4.78 is 37.3. The highest BCUT2D eigenvalue weighted by atomic mass is 16.7. The second-order valence-corrected chi connectivity index (χ2v) is 13.6. The van der Waals surface area contributed by atoms with E-state index in [1.54, 1.807) is 0 Å². The van der Waals surface area contributed by atoms with E-state index in [4.69, 9.17) is 28.4 Å². The predicted molar refractivity (Wildman–Crippen MR) is 186 cm³/mol. The number of rotatable bonds is 14. The molecule has 7 rings (SSSR count). The third-order valence-electron chi connectivity index (χ3n) is 9.98. The summed E-state index contributed by atoms with van der Waals surface area (Å²) in [4.78, 5) is 12.5. The third kappa shape index (κ3) is 9.37. The molecule has 0 radical (unpaired) electrons. The zero-order valence-electron chi connectivity index (χ0n) is 28.0. The van der Waals surface area contributed by atoms with Crippen LogP contribution in [0.15, 0.2) is 109 Å². The van der Waals surface area contributed by atoms with Crippen LogP contribution in [0.4, 0.5) is 0 Å². The van der Waals surface area contributed by atoms with Gasteiger partial charge in [-0.2, -0.15) is 0 Å². The van der Waals surface area contributed by atoms with Gasteiger partial charge in [-0.25, -0.2) is 4.79 Å². The minimum absolute atomic E-state index is 0.0244. The van der Waals surface area contributed by atoms with Gasteiger partial charge in [-0.3, -0.25) is 0 Å². The molecule has 1 aliphatic heterocycles. The van der Waals surface area contributed by atoms with Gasteiger partial charge < -0.3 is 28.4 Å². The Bertz CT molecular complexity index is 1610. The largest absolute Gasteiger partial charge is 0.482 e. The number of hydrogen-bond acceptors (Lipinski definition) is 7. The van der Waals surface area contributed by atoms with Crippen molar-refractivity contribution in [2.75, 3.05) is 13.2 Å². The first-order valence-corrected chi connectivity index (χ1v) is 17.7. The van der Waals surface area contributed by atoms with Crippen LogP contribution >= 0.6 is 0 Å². The van der Waals surface area contributed by atoms with Crippen molar-refractivity contribution in [1.29, 1.82) is 0 Å². The summed E-state index contributed by atoms with van der Waals surface area (Å²) in [6.45, 7) is 1.75. The van der Waals surface area contributed by atoms with Crippen LogP contribution < -0.4 is 4.74 Å². The topological polar surface area (TPSA) is 72.5 Å². The van der Waals surface area contributed by atoms with E-state index >= 15 is 0 Å². The summed E-state index contributed by atoms with van der Waals surface area (Å²) in [7, 11) is 0. The molecule has 3 unspecified atom stereocenters. The molecule has 2 aliphatic carbocycles. The van der Waals surface area contributed by atoms with Crippen LogP contribution in [-0.4, -0.2) is 43.8 Å². The number of benzene rings is 4. The quantitative estimate of drug-likeness (QED) is 0.129. The molecule has 1 saturated heterocycles. The van der Waals surface area contributed by atoms with Gasteiger partial charge in [0.05, 0.1) is 38.1 Å². The van der Waals surface area contributed by atoms with Crippen molar-refractivity contribution in [3.8, 4) is 5.75 Å². The molecule has 7 nitrogen and oxygen atoms in total. The molecule has 0 bridgehead atoms. The summed E-state index contributed by atoms with van der Waals surface area (Å²) >= 11 is 0. The summed E-state index contributed by atoms with van der Waals surface area (Å²) in [6, 6.07) is 36.4. The predicted octanol–water partition coefficient (Wildman–Crippen LogP) is 7.63. The van der Waals surface area contributed by atoms with Gasteiger partial charge in [-0.1, -0.05) is 103 Å². The Morgan fingerprint density at radius 1 is 0.653 bits per heavy atom. The van der Waals surface area contributed by atoms with Crippen LogP contribution in [0.3, 0.4) is 0 Å². The molecule has 0 N–H and O–H groups in total. The molecule has 6 atom stereocenters. The molecular formula is C42H46O7. The number of hydrogen-bond donors (Lipinski definition) is 0. The van der Waals surface area contributed by atoms with Gasteiger partial charge in [0, 0.05) is 12.8 Å². The smallest absolute Gasteiger partial charge is 0.344 e. The molecule has 256 valence electrons. The fourth-order valence-electron chi connectivity index (χ4n) is 7.54. The van der Waals surface area contributed by atoms with Gasteiger partial charge in [0.25, 0.3) is 0 Å². The third-order valence-corrected chi connectivity index (χ3v) is 9.98. The fourth-order valence-corrected chi connectivity index (χ4v) is 7.54. The van der Waals surface area contributed by atoms with Gasteiger partial charge >= 0.3 is 5.97 Å². The summed E-state index contributed by atoms with van der Waals surface area (Å²) in [6.07, 6.45) is 5.05. The normalized spacial score (nSPS) is 24.5. The number of carbonyl (C=O) groups is 1. The Labute approximate surface area is 289 Å². The highest BCUT2D eigenvalue weighted by Crippen LogP contribution is 2.45. The molecule has 0 amide bonds. The molecule has 4 aromatic rings. The summed E-state index contributed by atoms with van der Waals surface area (Å²) in [5, 5.41) is 0. The van der Waals surface area contributed by atoms with Crippen molar-refractivity contribution in [2.24, 2.45) is 11.8 Å². The molecule has 1 heterocycles. The Balaban J connectivity index is 0.929. The maximum Gasteiger partial charge on any atom is 0.344 e. The highest BCUT2D eigenvalue weighted by molar-refractivity contribution is 5.71. The van der Waals surface area contributed by atoms with Crippen molar-refractivity contribution in [1.82, 2.24) is 0 Å². The van der Waals surface area contributed by atoms with E-state index in [0.717, 1.165) is 54.5 Å². The van der Waals surface area contributed by atoms with Crippen LogP contribution in [0.5, 0.6) is 5.75 Å². The van der Waals surface area contributed by atoms with Crippen molar-refractivity contribution in [2.45, 2.75) is 82.9 Å². The fraction of sp³-hybridized carbons (Fsp3) is 0.405. The lowest BCUT2D eigenvalue weighted by Gasteiger charge is -2.36. The molecule has 3 aliphatic rings. The SMILES string of the molecule is O=C(COc1cccc2c1CC1C[C@H](OC3C[C@@H](OCc4ccccc4)C[C@@H](COCc4ccccc4)O3)CC1C2)OCc1ccccc1. The second-order valence-electron chi connectivity index (χ2n) is 13.6. The summed E-state index contributed by atoms with van der Waals surface area (Å²) in [5.74, 6) is 1.45. The van der Waals surface area contributed by atoms with Crippen LogP contribution in [0.1, 0.15) is 53.5 Å². The molecule has 7 heteroatoms. The Kier molecular flexibility index (Phi) is 11.3. The number of carbonyl (C=O) groups excluding carboxylic acids is 1. The molecule has 4 aromatic carbocycles. The Morgan fingerprint density at radius 3 is 2.02 bits per heavy atom. The van der Waals surface area contributed by atoms with E-state index in [-0.39, 0.29) is 43.8 Å². The van der Waals surface area contributed by atoms with Crippen molar-refractivity contribution in [3.05, 3.63) is 137 Å². The van der Waals surface area contributed by atoms with Crippen molar-refractivity contribution < 1.29 is 33.2 Å². The van der Waals surface area contributed by atoms with Crippen LogP contribution in [0.25, 0.3) is 0 Å². The monoisotopic (exact) mass is 662 g/mol. The maximum absolute atomic E-state index is 12.5. The van der Waals surface area contributed by atoms with E-state index in [0.29, 0.717) is 38.1 Å². The second kappa shape index (κ2) is 16.6. The Hall–Kier alpha value is -4.01. The lowest BCUT2D eigenvalue weighted by molar-refractivity contribution is -0.247. The first-order chi connectivity index (χ1) is 24.1. The van der Waals surface area contributed by atoms with Crippen molar-refractivity contribution >= 4 is 5.97 Å². The molecule has 2 fully saturated rings. The lowest BCUT2D eigenvalue weighted by atomic mass is 9.77. The first kappa shape index (κ1) is 33.5. The van der Waals surface area contributed by atoms with Gasteiger partial charge in [0.2, 0.25) is 0 Å². The first-order valence-electron chi connectivity index (χ1n) is 17.7. The minimum atomic E-state index is -0.369.